The summed E-state index contributed by atoms with van der Waals surface area (Å²) in [4.78, 5) is 81.5. The largest absolute Gasteiger partial charge is 0.460 e. The highest BCUT2D eigenvalue weighted by Crippen LogP contribution is 2.65. The minimum absolute atomic E-state index is 0.00330. The first-order chi connectivity index (χ1) is 26.6. The number of rotatable bonds is 11. The Morgan fingerprint density at radius 2 is 1.70 bits per heavy atom. The Balaban J connectivity index is 1.74. The molecule has 3 aliphatic carbocycles. The summed E-state index contributed by atoms with van der Waals surface area (Å²) in [6.07, 6.45) is -8.09. The third kappa shape index (κ3) is 7.36. The predicted octanol–water partition coefficient (Wildman–Crippen LogP) is 2.71. The van der Waals surface area contributed by atoms with Crippen molar-refractivity contribution in [3.8, 4) is 0 Å². The van der Waals surface area contributed by atoms with Gasteiger partial charge in [0.05, 0.1) is 35.6 Å². The van der Waals surface area contributed by atoms with Gasteiger partial charge in [-0.1, -0.05) is 65.5 Å². The van der Waals surface area contributed by atoms with E-state index in [4.69, 9.17) is 28.4 Å². The number of ether oxygens (including phenoxy) is 6. The van der Waals surface area contributed by atoms with Crippen molar-refractivity contribution in [1.82, 2.24) is 5.32 Å². The Hall–Kier alpha value is -4.64. The third-order valence-electron chi connectivity index (χ3n) is 12.4. The summed E-state index contributed by atoms with van der Waals surface area (Å²) in [6, 6.07) is 6.60. The van der Waals surface area contributed by atoms with Crippen LogP contribution in [-0.4, -0.2) is 112 Å². The van der Waals surface area contributed by atoms with E-state index in [2.05, 4.69) is 11.9 Å². The number of alkyl carbamates (subject to hydrolysis) is 1. The molecule has 3 fully saturated rings. The van der Waals surface area contributed by atoms with Crippen molar-refractivity contribution in [3.63, 3.8) is 0 Å². The summed E-state index contributed by atoms with van der Waals surface area (Å²) < 4.78 is 34.9. The first kappa shape index (κ1) is 43.5. The molecule has 1 amide bonds. The van der Waals surface area contributed by atoms with E-state index in [9.17, 15) is 39.3 Å². The number of hydrogen-bond acceptors (Lipinski definition) is 15. The van der Waals surface area contributed by atoms with E-state index >= 15 is 4.79 Å². The van der Waals surface area contributed by atoms with Gasteiger partial charge in [0.2, 0.25) is 5.78 Å². The summed E-state index contributed by atoms with van der Waals surface area (Å²) in [5, 5.41) is 39.2. The Labute approximate surface area is 330 Å². The third-order valence-corrected chi connectivity index (χ3v) is 12.4. The molecule has 2 saturated carbocycles. The highest BCUT2D eigenvalue weighted by Gasteiger charge is 2.78. The van der Waals surface area contributed by atoms with Gasteiger partial charge in [0.15, 0.2) is 17.5 Å². The molecule has 0 radical (unpaired) electrons. The fraction of sp³-hybridized carbons (Fsp3) is 0.610. The zero-order valence-corrected chi connectivity index (χ0v) is 33.4. The van der Waals surface area contributed by atoms with Crippen LogP contribution in [0, 0.1) is 28.6 Å². The van der Waals surface area contributed by atoms with Crippen LogP contribution in [0.25, 0.3) is 0 Å². The molecule has 4 aliphatic rings. The van der Waals surface area contributed by atoms with Crippen molar-refractivity contribution in [2.45, 2.75) is 116 Å². The molecule has 11 atom stereocenters. The summed E-state index contributed by atoms with van der Waals surface area (Å²) in [5.41, 5.74) is -7.79. The summed E-state index contributed by atoms with van der Waals surface area (Å²) >= 11 is 0. The second kappa shape index (κ2) is 16.0. The van der Waals surface area contributed by atoms with Crippen LogP contribution in [0.4, 0.5) is 4.79 Å². The molecule has 0 aromatic heterocycles. The number of allylic oxidation sites excluding steroid dienone is 1. The van der Waals surface area contributed by atoms with Crippen LogP contribution in [-0.2, 0) is 47.6 Å². The molecule has 16 heteroatoms. The quantitative estimate of drug-likeness (QED) is 0.143. The summed E-state index contributed by atoms with van der Waals surface area (Å²) in [6.45, 7) is 14.6. The maximum absolute atomic E-state index is 15.3. The van der Waals surface area contributed by atoms with Crippen LogP contribution in [0.1, 0.15) is 78.6 Å². The van der Waals surface area contributed by atoms with Gasteiger partial charge in [0.25, 0.3) is 0 Å². The second-order valence-corrected chi connectivity index (χ2v) is 16.5. The first-order valence-electron chi connectivity index (χ1n) is 19.0. The molecule has 2 bridgehead atoms. The molecule has 1 aliphatic heterocycles. The minimum Gasteiger partial charge on any atom is -0.460 e. The van der Waals surface area contributed by atoms with Gasteiger partial charge >= 0.3 is 30.0 Å². The molecule has 9 unspecified atom stereocenters. The Bertz CT molecular complexity index is 1820. The summed E-state index contributed by atoms with van der Waals surface area (Å²) in [7, 11) is 0. The number of hydrogen-bond donors (Lipinski definition) is 4. The summed E-state index contributed by atoms with van der Waals surface area (Å²) in [5.74, 6) is -8.41. The van der Waals surface area contributed by atoms with Crippen molar-refractivity contribution in [2.75, 3.05) is 13.2 Å². The van der Waals surface area contributed by atoms with Gasteiger partial charge in [-0.05, 0) is 30.5 Å². The number of carbonyl (C=O) groups excluding carboxylic acids is 6. The number of esters is 4. The molecule has 0 spiro atoms. The van der Waals surface area contributed by atoms with Gasteiger partial charge in [0, 0.05) is 38.0 Å². The molecule has 1 heterocycles. The zero-order valence-electron chi connectivity index (χ0n) is 33.4. The number of fused-ring (bicyclic) bond motifs is 5. The van der Waals surface area contributed by atoms with E-state index in [1.54, 1.807) is 52.8 Å². The average Bonchev–Trinajstić information content (AvgIpc) is 3.13. The molecule has 57 heavy (non-hydrogen) atoms. The number of Topliss-reactive ketones (excluding diaryl/α,β-unsaturated/α-hetero) is 1. The van der Waals surface area contributed by atoms with Crippen LogP contribution in [0.5, 0.6) is 0 Å². The van der Waals surface area contributed by atoms with E-state index in [0.29, 0.717) is 0 Å². The van der Waals surface area contributed by atoms with Crippen molar-refractivity contribution < 1.29 is 72.5 Å². The Morgan fingerprint density at radius 1 is 1.05 bits per heavy atom. The van der Waals surface area contributed by atoms with Crippen molar-refractivity contribution in [2.24, 2.45) is 28.6 Å². The number of ketones is 1. The van der Waals surface area contributed by atoms with Crippen LogP contribution in [0.3, 0.4) is 0 Å². The van der Waals surface area contributed by atoms with Gasteiger partial charge < -0.3 is 49.1 Å². The molecule has 4 N–H and O–H groups in total. The zero-order chi connectivity index (χ0) is 42.4. The van der Waals surface area contributed by atoms with Crippen molar-refractivity contribution >= 4 is 35.8 Å². The maximum atomic E-state index is 15.3. The van der Waals surface area contributed by atoms with E-state index in [1.165, 1.54) is 25.1 Å². The van der Waals surface area contributed by atoms with Crippen LogP contribution in [0.2, 0.25) is 0 Å². The molecule has 1 saturated heterocycles. The van der Waals surface area contributed by atoms with Crippen molar-refractivity contribution in [1.29, 1.82) is 0 Å². The van der Waals surface area contributed by atoms with Crippen LogP contribution >= 0.6 is 0 Å². The van der Waals surface area contributed by atoms with Crippen molar-refractivity contribution in [3.05, 3.63) is 59.9 Å². The average molecular weight is 800 g/mol. The number of aliphatic hydroxyl groups is 3. The predicted molar refractivity (Wildman–Crippen MR) is 198 cm³/mol. The number of nitrogens with one attached hydrogen (secondary N) is 1. The molecule has 16 nitrogen and oxygen atoms in total. The first-order valence-corrected chi connectivity index (χ1v) is 19.0. The van der Waals surface area contributed by atoms with Gasteiger partial charge in [0.1, 0.15) is 30.5 Å². The van der Waals surface area contributed by atoms with E-state index in [0.717, 1.165) is 13.8 Å². The fourth-order valence-corrected chi connectivity index (χ4v) is 9.31. The highest BCUT2D eigenvalue weighted by molar-refractivity contribution is 6.02. The van der Waals surface area contributed by atoms with Crippen LogP contribution in [0.15, 0.2) is 54.3 Å². The van der Waals surface area contributed by atoms with Gasteiger partial charge in [-0.25, -0.2) is 14.4 Å². The number of amides is 1. The lowest BCUT2D eigenvalue weighted by Gasteiger charge is -2.67. The number of benzene rings is 1. The number of carbonyl (C=O) groups is 6. The topological polar surface area (TPSA) is 231 Å². The fourth-order valence-electron chi connectivity index (χ4n) is 9.31. The molecular formula is C41H53NO15. The second-order valence-electron chi connectivity index (χ2n) is 16.5. The lowest BCUT2D eigenvalue weighted by Crippen LogP contribution is -2.81. The van der Waals surface area contributed by atoms with Gasteiger partial charge in [-0.2, -0.15) is 0 Å². The van der Waals surface area contributed by atoms with E-state index < -0.39 is 124 Å². The van der Waals surface area contributed by atoms with E-state index in [1.807, 2.05) is 0 Å². The lowest BCUT2D eigenvalue weighted by atomic mass is 9.45. The van der Waals surface area contributed by atoms with Gasteiger partial charge in [-0.3, -0.25) is 14.4 Å². The SMILES string of the molecule is C=CCOC(=O)NC(C(C)C)C(O)C(=O)OC1CC2(O)C(OC(=O)c3ccccc3)C3[C@]4(OC(C)=O)COC4CC(O)[C@@]3(C)C(=O)C(OC(C)=O)=C(C1C)C2(C)C. The smallest absolute Gasteiger partial charge is 0.407 e. The highest BCUT2D eigenvalue weighted by atomic mass is 16.6. The Kier molecular flexibility index (Phi) is 12.2. The number of aliphatic hydroxyl groups excluding tert-OH is 2. The monoisotopic (exact) mass is 799 g/mol. The standard InChI is InChI=1S/C41H53NO15/c1-10-16-52-37(50)42-29(20(2)3)30(46)36(49)55-25-18-41(51)34(56-35(48)24-14-12-11-13-15-24)32-39(9,26(45)17-27-40(32,19-53-27)57-23(6)44)33(47)31(54-22(5)43)28(21(25)4)38(41,7)8/h10-15,20-21,25-27,29-30,32,34,45-46,51H,1,16-19H2,2-9H3,(H,42,50)/t21?,25?,26?,27?,29?,30?,32?,34?,39-,40+,41?/m1/s1. The molecule has 5 rings (SSSR count). The minimum atomic E-state index is -2.37. The molecule has 1 aromatic carbocycles. The van der Waals surface area contributed by atoms with Gasteiger partial charge in [-0.15, -0.1) is 0 Å². The normalized spacial score (nSPS) is 33.7. The van der Waals surface area contributed by atoms with E-state index in [-0.39, 0.29) is 30.8 Å². The molecular weight excluding hydrogens is 746 g/mol. The Morgan fingerprint density at radius 3 is 2.25 bits per heavy atom. The van der Waals surface area contributed by atoms with Crippen LogP contribution < -0.4 is 5.32 Å². The lowest BCUT2D eigenvalue weighted by molar-refractivity contribution is -0.345. The molecule has 312 valence electrons. The molecule has 1 aromatic rings. The maximum Gasteiger partial charge on any atom is 0.407 e.